The highest BCUT2D eigenvalue weighted by atomic mass is 16.5. The molecule has 0 bridgehead atoms. The summed E-state index contributed by atoms with van der Waals surface area (Å²) in [5, 5.41) is 12.9. The van der Waals surface area contributed by atoms with E-state index < -0.39 is 18.0 Å². The van der Waals surface area contributed by atoms with Gasteiger partial charge in [-0.1, -0.05) is 13.8 Å². The van der Waals surface area contributed by atoms with Gasteiger partial charge < -0.3 is 24.6 Å². The maximum atomic E-state index is 11.7. The minimum atomic E-state index is -0.722. The average Bonchev–Trinajstić information content (AvgIpc) is 2.56. The van der Waals surface area contributed by atoms with Crippen LogP contribution in [0.2, 0.25) is 0 Å². The van der Waals surface area contributed by atoms with Crippen LogP contribution in [0.3, 0.4) is 0 Å². The van der Waals surface area contributed by atoms with Crippen molar-refractivity contribution in [3.05, 3.63) is 29.3 Å². The van der Waals surface area contributed by atoms with Crippen LogP contribution >= 0.6 is 0 Å². The van der Waals surface area contributed by atoms with Gasteiger partial charge in [-0.05, 0) is 18.2 Å². The first kappa shape index (κ1) is 18.9. The van der Waals surface area contributed by atoms with Crippen LogP contribution in [0.1, 0.15) is 34.6 Å². The number of hydrogen-bond acceptors (Lipinski definition) is 7. The molecule has 0 unspecified atom stereocenters. The Labute approximate surface area is 135 Å². The maximum absolute atomic E-state index is 11.7. The molecule has 0 amide bonds. The first-order valence-electron chi connectivity index (χ1n) is 7.23. The topological polar surface area (TPSA) is 94.1 Å². The van der Waals surface area contributed by atoms with Crippen molar-refractivity contribution in [2.75, 3.05) is 27.4 Å². The highest BCUT2D eigenvalue weighted by Crippen LogP contribution is 2.19. The standard InChI is InChI=1S/C16H23NO6/c1-10(2)17-8-13(18)9-23-14-6-11(15(19)21-3)5-12(7-14)16(20)22-4/h5-7,10,13,17-18H,8-9H2,1-4H3/t13-/m0/s1. The number of rotatable bonds is 8. The highest BCUT2D eigenvalue weighted by Gasteiger charge is 2.15. The van der Waals surface area contributed by atoms with Crippen molar-refractivity contribution in [3.63, 3.8) is 0 Å². The minimum absolute atomic E-state index is 0.0188. The normalized spacial score (nSPS) is 11.9. The van der Waals surface area contributed by atoms with E-state index in [9.17, 15) is 14.7 Å². The Bertz CT molecular complexity index is 509. The fourth-order valence-electron chi connectivity index (χ4n) is 1.78. The first-order valence-corrected chi connectivity index (χ1v) is 7.23. The van der Waals surface area contributed by atoms with Crippen LogP contribution in [0, 0.1) is 0 Å². The molecule has 128 valence electrons. The minimum Gasteiger partial charge on any atom is -0.491 e. The summed E-state index contributed by atoms with van der Waals surface area (Å²) in [4.78, 5) is 23.3. The second kappa shape index (κ2) is 9.12. The molecule has 0 aliphatic heterocycles. The molecule has 7 nitrogen and oxygen atoms in total. The third-order valence-electron chi connectivity index (χ3n) is 2.95. The van der Waals surface area contributed by atoms with E-state index in [0.717, 1.165) is 0 Å². The molecule has 1 aromatic rings. The van der Waals surface area contributed by atoms with Gasteiger partial charge in [0.2, 0.25) is 0 Å². The molecule has 23 heavy (non-hydrogen) atoms. The van der Waals surface area contributed by atoms with E-state index in [-0.39, 0.29) is 29.5 Å². The Morgan fingerprint density at radius 2 is 1.61 bits per heavy atom. The Hall–Kier alpha value is -2.12. The lowest BCUT2D eigenvalue weighted by Crippen LogP contribution is -2.35. The summed E-state index contributed by atoms with van der Waals surface area (Å²) >= 11 is 0. The van der Waals surface area contributed by atoms with Crippen molar-refractivity contribution in [3.8, 4) is 5.75 Å². The molecule has 0 saturated carbocycles. The number of aliphatic hydroxyl groups is 1. The monoisotopic (exact) mass is 325 g/mol. The predicted molar refractivity (Wildman–Crippen MR) is 83.8 cm³/mol. The molecule has 0 aromatic heterocycles. The summed E-state index contributed by atoms with van der Waals surface area (Å²) < 4.78 is 14.8. The SMILES string of the molecule is COC(=O)c1cc(OC[C@@H](O)CNC(C)C)cc(C(=O)OC)c1. The number of ether oxygens (including phenoxy) is 3. The van der Waals surface area contributed by atoms with E-state index in [4.69, 9.17) is 4.74 Å². The van der Waals surface area contributed by atoms with Crippen LogP contribution in [0.5, 0.6) is 5.75 Å². The van der Waals surface area contributed by atoms with Crippen LogP contribution in [0.25, 0.3) is 0 Å². The smallest absolute Gasteiger partial charge is 0.338 e. The van der Waals surface area contributed by atoms with Crippen molar-refractivity contribution in [2.24, 2.45) is 0 Å². The maximum Gasteiger partial charge on any atom is 0.338 e. The summed E-state index contributed by atoms with van der Waals surface area (Å²) in [7, 11) is 2.49. The van der Waals surface area contributed by atoms with Gasteiger partial charge in [0.05, 0.1) is 25.3 Å². The third kappa shape index (κ3) is 6.25. The van der Waals surface area contributed by atoms with E-state index in [0.29, 0.717) is 6.54 Å². The van der Waals surface area contributed by atoms with Crippen LogP contribution in [0.4, 0.5) is 0 Å². The van der Waals surface area contributed by atoms with Crippen LogP contribution < -0.4 is 10.1 Å². The average molecular weight is 325 g/mol. The fraction of sp³-hybridized carbons (Fsp3) is 0.500. The van der Waals surface area contributed by atoms with Crippen molar-refractivity contribution < 1.29 is 28.9 Å². The molecular weight excluding hydrogens is 302 g/mol. The molecule has 0 spiro atoms. The second-order valence-electron chi connectivity index (χ2n) is 5.26. The molecule has 2 N–H and O–H groups in total. The lowest BCUT2D eigenvalue weighted by molar-refractivity contribution is 0.0597. The molecule has 0 radical (unpaired) electrons. The zero-order valence-electron chi connectivity index (χ0n) is 13.8. The zero-order chi connectivity index (χ0) is 17.4. The number of esters is 2. The molecule has 1 rings (SSSR count). The summed E-state index contributed by atoms with van der Waals surface area (Å²) in [6.07, 6.45) is -0.722. The first-order chi connectivity index (χ1) is 10.9. The van der Waals surface area contributed by atoms with Crippen LogP contribution in [0.15, 0.2) is 18.2 Å². The quantitative estimate of drug-likeness (QED) is 0.689. The van der Waals surface area contributed by atoms with E-state index in [1.165, 1.54) is 32.4 Å². The van der Waals surface area contributed by atoms with E-state index >= 15 is 0 Å². The van der Waals surface area contributed by atoms with Gasteiger partial charge >= 0.3 is 11.9 Å². The molecule has 0 aliphatic carbocycles. The van der Waals surface area contributed by atoms with Gasteiger partial charge in [-0.2, -0.15) is 0 Å². The van der Waals surface area contributed by atoms with Gasteiger partial charge in [0.1, 0.15) is 18.5 Å². The number of carbonyl (C=O) groups excluding carboxylic acids is 2. The van der Waals surface area contributed by atoms with Gasteiger partial charge in [0.15, 0.2) is 0 Å². The van der Waals surface area contributed by atoms with E-state index in [1.54, 1.807) is 0 Å². The molecule has 0 heterocycles. The van der Waals surface area contributed by atoms with Crippen LogP contribution in [-0.2, 0) is 9.47 Å². The summed E-state index contributed by atoms with van der Waals surface area (Å²) in [6, 6.07) is 4.50. The van der Waals surface area contributed by atoms with Gasteiger partial charge in [0, 0.05) is 12.6 Å². The number of nitrogens with one attached hydrogen (secondary N) is 1. The zero-order valence-corrected chi connectivity index (χ0v) is 13.8. The van der Waals surface area contributed by atoms with Gasteiger partial charge in [-0.25, -0.2) is 9.59 Å². The van der Waals surface area contributed by atoms with Crippen molar-refractivity contribution in [2.45, 2.75) is 26.0 Å². The summed E-state index contributed by atoms with van der Waals surface area (Å²) in [5.74, 6) is -0.915. The second-order valence-corrected chi connectivity index (χ2v) is 5.26. The number of methoxy groups -OCH3 is 2. The third-order valence-corrected chi connectivity index (χ3v) is 2.95. The molecule has 0 aliphatic rings. The Balaban J connectivity index is 2.84. The van der Waals surface area contributed by atoms with Gasteiger partial charge in [-0.15, -0.1) is 0 Å². The molecule has 0 fully saturated rings. The highest BCUT2D eigenvalue weighted by molar-refractivity contribution is 5.96. The number of aliphatic hydroxyl groups excluding tert-OH is 1. The predicted octanol–water partition coefficient (Wildman–Crippen LogP) is 0.997. The summed E-state index contributed by atoms with van der Waals surface area (Å²) in [6.45, 7) is 4.33. The van der Waals surface area contributed by atoms with Gasteiger partial charge in [0.25, 0.3) is 0 Å². The number of carbonyl (C=O) groups is 2. The number of hydrogen-bond donors (Lipinski definition) is 2. The Kier molecular flexibility index (Phi) is 7.50. The molecule has 0 saturated heterocycles. The van der Waals surface area contributed by atoms with Crippen molar-refractivity contribution >= 4 is 11.9 Å². The Morgan fingerprint density at radius 1 is 1.09 bits per heavy atom. The fourth-order valence-corrected chi connectivity index (χ4v) is 1.78. The van der Waals surface area contributed by atoms with Gasteiger partial charge in [-0.3, -0.25) is 0 Å². The molecule has 1 atom stereocenters. The lowest BCUT2D eigenvalue weighted by atomic mass is 10.1. The van der Waals surface area contributed by atoms with E-state index in [2.05, 4.69) is 14.8 Å². The summed E-state index contributed by atoms with van der Waals surface area (Å²) in [5.41, 5.74) is 0.334. The van der Waals surface area contributed by atoms with E-state index in [1.807, 2.05) is 13.8 Å². The molecular formula is C16H23NO6. The molecule has 7 heteroatoms. The number of benzene rings is 1. The Morgan fingerprint density at radius 3 is 2.04 bits per heavy atom. The lowest BCUT2D eigenvalue weighted by Gasteiger charge is -2.15. The van der Waals surface area contributed by atoms with Crippen molar-refractivity contribution in [1.82, 2.24) is 5.32 Å². The van der Waals surface area contributed by atoms with Crippen LogP contribution in [-0.4, -0.2) is 56.6 Å². The molecule has 1 aromatic carbocycles. The van der Waals surface area contributed by atoms with Crippen molar-refractivity contribution in [1.29, 1.82) is 0 Å². The largest absolute Gasteiger partial charge is 0.491 e.